The van der Waals surface area contributed by atoms with E-state index in [-0.39, 0.29) is 0 Å². The number of rotatable bonds is 5. The molecule has 1 aromatic heterocycles. The van der Waals surface area contributed by atoms with Gasteiger partial charge in [0, 0.05) is 18.8 Å². The molecule has 0 atom stereocenters. The first-order valence-electron chi connectivity index (χ1n) is 6.51. The topological polar surface area (TPSA) is 47.0 Å². The maximum absolute atomic E-state index is 5.82. The van der Waals surface area contributed by atoms with Crippen molar-refractivity contribution in [3.63, 3.8) is 0 Å². The number of benzene rings is 1. The van der Waals surface area contributed by atoms with Crippen LogP contribution in [0.2, 0.25) is 0 Å². The van der Waals surface area contributed by atoms with Crippen LogP contribution in [0.3, 0.4) is 0 Å². The molecule has 0 saturated heterocycles. The highest BCUT2D eigenvalue weighted by molar-refractivity contribution is 5.39. The first-order valence-corrected chi connectivity index (χ1v) is 6.51. The van der Waals surface area contributed by atoms with Crippen LogP contribution in [0.25, 0.3) is 0 Å². The molecular weight excluding hydrogens is 238 g/mol. The molecule has 0 unspecified atom stereocenters. The molecule has 100 valence electrons. The van der Waals surface area contributed by atoms with Crippen LogP contribution in [0.15, 0.2) is 30.5 Å². The van der Waals surface area contributed by atoms with E-state index in [9.17, 15) is 0 Å². The minimum absolute atomic E-state index is 0.558. The molecule has 4 heteroatoms. The van der Waals surface area contributed by atoms with Crippen molar-refractivity contribution in [2.24, 2.45) is 0 Å². The molecule has 0 amide bonds. The molecule has 0 saturated carbocycles. The average molecular weight is 257 g/mol. The van der Waals surface area contributed by atoms with E-state index < -0.39 is 0 Å². The Kier molecular flexibility index (Phi) is 4.34. The average Bonchev–Trinajstić information content (AvgIpc) is 2.41. The highest BCUT2D eigenvalue weighted by Gasteiger charge is 2.04. The minimum Gasteiger partial charge on any atom is -0.439 e. The number of hydrogen-bond acceptors (Lipinski definition) is 4. The van der Waals surface area contributed by atoms with Crippen LogP contribution < -0.4 is 10.1 Å². The van der Waals surface area contributed by atoms with Crippen LogP contribution in [0.1, 0.15) is 24.5 Å². The van der Waals surface area contributed by atoms with Crippen molar-refractivity contribution in [1.29, 1.82) is 0 Å². The fraction of sp³-hybridized carbons (Fsp3) is 0.333. The highest BCUT2D eigenvalue weighted by atomic mass is 16.5. The predicted molar refractivity (Wildman–Crippen MR) is 76.8 cm³/mol. The molecule has 0 aliphatic heterocycles. The fourth-order valence-corrected chi connectivity index (χ4v) is 1.65. The maximum atomic E-state index is 5.82. The normalized spacial score (nSPS) is 10.3. The zero-order valence-electron chi connectivity index (χ0n) is 11.6. The molecule has 0 bridgehead atoms. The van der Waals surface area contributed by atoms with Crippen molar-refractivity contribution in [3.8, 4) is 11.6 Å². The van der Waals surface area contributed by atoms with Gasteiger partial charge in [-0.2, -0.15) is 4.98 Å². The lowest BCUT2D eigenvalue weighted by molar-refractivity contribution is 0.458. The molecule has 19 heavy (non-hydrogen) atoms. The lowest BCUT2D eigenvalue weighted by Gasteiger charge is -2.09. The summed E-state index contributed by atoms with van der Waals surface area (Å²) in [6.45, 7) is 7.02. The molecule has 0 spiro atoms. The Bertz CT molecular complexity index is 555. The Morgan fingerprint density at radius 3 is 2.84 bits per heavy atom. The number of aryl methyl sites for hydroxylation is 2. The molecule has 0 aliphatic carbocycles. The summed E-state index contributed by atoms with van der Waals surface area (Å²) in [4.78, 5) is 8.49. The van der Waals surface area contributed by atoms with Gasteiger partial charge < -0.3 is 10.1 Å². The van der Waals surface area contributed by atoms with E-state index in [1.807, 2.05) is 26.0 Å². The van der Waals surface area contributed by atoms with Crippen molar-refractivity contribution < 1.29 is 4.74 Å². The number of ether oxygens (including phenoxy) is 1. The summed E-state index contributed by atoms with van der Waals surface area (Å²) in [5.41, 5.74) is 2.26. The van der Waals surface area contributed by atoms with Gasteiger partial charge >= 0.3 is 0 Å². The second-order valence-corrected chi connectivity index (χ2v) is 4.52. The van der Waals surface area contributed by atoms with Crippen LogP contribution in [0.4, 0.5) is 5.95 Å². The molecule has 1 N–H and O–H groups in total. The van der Waals surface area contributed by atoms with Gasteiger partial charge in [0.05, 0.1) is 0 Å². The Morgan fingerprint density at radius 2 is 2.05 bits per heavy atom. The van der Waals surface area contributed by atoms with E-state index in [4.69, 9.17) is 4.74 Å². The SMILES string of the molecule is CCCNc1nccc(Oc2cc(C)ccc2C)n1. The van der Waals surface area contributed by atoms with Crippen LogP contribution in [0.5, 0.6) is 11.6 Å². The molecule has 2 rings (SSSR count). The van der Waals surface area contributed by atoms with E-state index in [2.05, 4.69) is 28.3 Å². The van der Waals surface area contributed by atoms with Crippen LogP contribution >= 0.6 is 0 Å². The number of aromatic nitrogens is 2. The van der Waals surface area contributed by atoms with Crippen LogP contribution in [0, 0.1) is 13.8 Å². The van der Waals surface area contributed by atoms with Crippen molar-refractivity contribution in [2.75, 3.05) is 11.9 Å². The Labute approximate surface area is 113 Å². The van der Waals surface area contributed by atoms with E-state index in [1.165, 1.54) is 5.56 Å². The van der Waals surface area contributed by atoms with Gasteiger partial charge in [-0.15, -0.1) is 0 Å². The summed E-state index contributed by atoms with van der Waals surface area (Å²) >= 11 is 0. The summed E-state index contributed by atoms with van der Waals surface area (Å²) in [6, 6.07) is 7.88. The molecule has 1 heterocycles. The summed E-state index contributed by atoms with van der Waals surface area (Å²) in [7, 11) is 0. The predicted octanol–water partition coefficient (Wildman–Crippen LogP) is 3.71. The Hall–Kier alpha value is -2.10. The second-order valence-electron chi connectivity index (χ2n) is 4.52. The van der Waals surface area contributed by atoms with Gasteiger partial charge in [0.15, 0.2) is 0 Å². The molecular formula is C15H19N3O. The van der Waals surface area contributed by atoms with Gasteiger partial charge in [-0.05, 0) is 37.5 Å². The third kappa shape index (κ3) is 3.68. The summed E-state index contributed by atoms with van der Waals surface area (Å²) in [6.07, 6.45) is 2.73. The molecule has 1 aromatic carbocycles. The van der Waals surface area contributed by atoms with Crippen molar-refractivity contribution in [3.05, 3.63) is 41.6 Å². The minimum atomic E-state index is 0.558. The first-order chi connectivity index (χ1) is 9.19. The van der Waals surface area contributed by atoms with Gasteiger partial charge in [-0.3, -0.25) is 0 Å². The molecule has 0 fully saturated rings. The van der Waals surface area contributed by atoms with Gasteiger partial charge in [-0.25, -0.2) is 4.98 Å². The quantitative estimate of drug-likeness (QED) is 0.887. The van der Waals surface area contributed by atoms with Crippen molar-refractivity contribution in [1.82, 2.24) is 9.97 Å². The zero-order valence-corrected chi connectivity index (χ0v) is 11.6. The standard InChI is InChI=1S/C15H19N3O/c1-4-8-16-15-17-9-7-14(18-15)19-13-10-11(2)5-6-12(13)3/h5-7,9-10H,4,8H2,1-3H3,(H,16,17,18). The summed E-state index contributed by atoms with van der Waals surface area (Å²) < 4.78 is 5.82. The Balaban J connectivity index is 2.16. The van der Waals surface area contributed by atoms with Crippen molar-refractivity contribution >= 4 is 5.95 Å². The highest BCUT2D eigenvalue weighted by Crippen LogP contribution is 2.24. The fourth-order valence-electron chi connectivity index (χ4n) is 1.65. The molecule has 2 aromatic rings. The largest absolute Gasteiger partial charge is 0.439 e. The zero-order chi connectivity index (χ0) is 13.7. The third-order valence-electron chi connectivity index (χ3n) is 2.72. The molecule has 4 nitrogen and oxygen atoms in total. The Morgan fingerprint density at radius 1 is 1.21 bits per heavy atom. The smallest absolute Gasteiger partial charge is 0.225 e. The van der Waals surface area contributed by atoms with E-state index in [1.54, 1.807) is 12.3 Å². The van der Waals surface area contributed by atoms with Crippen LogP contribution in [-0.4, -0.2) is 16.5 Å². The first kappa shape index (κ1) is 13.3. The van der Waals surface area contributed by atoms with Gasteiger partial charge in [0.2, 0.25) is 11.8 Å². The van der Waals surface area contributed by atoms with Crippen LogP contribution in [-0.2, 0) is 0 Å². The molecule has 0 aliphatic rings. The number of nitrogens with one attached hydrogen (secondary N) is 1. The van der Waals surface area contributed by atoms with Crippen molar-refractivity contribution in [2.45, 2.75) is 27.2 Å². The van der Waals surface area contributed by atoms with Gasteiger partial charge in [-0.1, -0.05) is 19.1 Å². The number of anilines is 1. The summed E-state index contributed by atoms with van der Waals surface area (Å²) in [5, 5.41) is 3.14. The number of nitrogens with zero attached hydrogens (tertiary/aromatic N) is 2. The number of hydrogen-bond donors (Lipinski definition) is 1. The van der Waals surface area contributed by atoms with E-state index in [0.29, 0.717) is 11.8 Å². The van der Waals surface area contributed by atoms with E-state index in [0.717, 1.165) is 24.3 Å². The second kappa shape index (κ2) is 6.18. The maximum Gasteiger partial charge on any atom is 0.225 e. The monoisotopic (exact) mass is 257 g/mol. The lowest BCUT2D eigenvalue weighted by atomic mass is 10.1. The summed E-state index contributed by atoms with van der Waals surface area (Å²) in [5.74, 6) is 1.99. The third-order valence-corrected chi connectivity index (χ3v) is 2.72. The van der Waals surface area contributed by atoms with Gasteiger partial charge in [0.25, 0.3) is 0 Å². The van der Waals surface area contributed by atoms with Gasteiger partial charge in [0.1, 0.15) is 5.75 Å². The molecule has 0 radical (unpaired) electrons. The van der Waals surface area contributed by atoms with E-state index >= 15 is 0 Å². The lowest BCUT2D eigenvalue weighted by Crippen LogP contribution is -2.04.